The Morgan fingerprint density at radius 2 is 0.754 bits per heavy atom. The summed E-state index contributed by atoms with van der Waals surface area (Å²) in [5.41, 5.74) is 0. The summed E-state index contributed by atoms with van der Waals surface area (Å²) in [6, 6.07) is 0. The van der Waals surface area contributed by atoms with Gasteiger partial charge in [0.25, 0.3) is 7.82 Å². The quantitative estimate of drug-likeness (QED) is 0.0197. The molecule has 412 valence electrons. The maximum absolute atomic E-state index is 12.8. The SMILES string of the molecule is CCCCCCCCCC/C=C\CCCCCCCCCCCCCCOCC(COP(=O)([O-])OCC[N+](C)(C)C)OC(=O)CCCCCCCCCCCCCCCCCCCCCCCCC. The maximum Gasteiger partial charge on any atom is 0.306 e. The Morgan fingerprint density at radius 1 is 0.435 bits per heavy atom. The molecule has 0 rings (SSSR count). The zero-order valence-corrected chi connectivity index (χ0v) is 47.9. The number of phosphoric ester groups is 1. The average Bonchev–Trinajstić information content (AvgIpc) is 3.31. The summed E-state index contributed by atoms with van der Waals surface area (Å²) >= 11 is 0. The molecule has 0 fully saturated rings. The van der Waals surface area contributed by atoms with Crippen molar-refractivity contribution in [3.8, 4) is 0 Å². The van der Waals surface area contributed by atoms with Crippen LogP contribution >= 0.6 is 7.82 Å². The van der Waals surface area contributed by atoms with E-state index in [0.717, 1.165) is 32.1 Å². The van der Waals surface area contributed by atoms with Crippen molar-refractivity contribution >= 4 is 13.8 Å². The van der Waals surface area contributed by atoms with Crippen LogP contribution in [0.25, 0.3) is 0 Å². The zero-order valence-electron chi connectivity index (χ0n) is 47.0. The molecular formula is C60H120NO7P. The number of likely N-dealkylation sites (N-methyl/N-ethyl adjacent to an activating group) is 1. The summed E-state index contributed by atoms with van der Waals surface area (Å²) in [4.78, 5) is 25.3. The topological polar surface area (TPSA) is 94.1 Å². The number of quaternary nitrogens is 1. The summed E-state index contributed by atoms with van der Waals surface area (Å²) < 4.78 is 34.9. The molecule has 0 spiro atoms. The predicted octanol–water partition coefficient (Wildman–Crippen LogP) is 18.7. The van der Waals surface area contributed by atoms with Crippen LogP contribution in [0, 0.1) is 0 Å². The minimum absolute atomic E-state index is 0.0303. The van der Waals surface area contributed by atoms with Gasteiger partial charge in [0.05, 0.1) is 34.4 Å². The van der Waals surface area contributed by atoms with Crippen molar-refractivity contribution in [2.24, 2.45) is 0 Å². The summed E-state index contributed by atoms with van der Waals surface area (Å²) in [6.45, 7) is 5.50. The van der Waals surface area contributed by atoms with Gasteiger partial charge in [-0.3, -0.25) is 9.36 Å². The molecule has 9 heteroatoms. The number of unbranched alkanes of at least 4 members (excludes halogenated alkanes) is 42. The van der Waals surface area contributed by atoms with Gasteiger partial charge >= 0.3 is 5.97 Å². The Bertz CT molecular complexity index is 1110. The fourth-order valence-electron chi connectivity index (χ4n) is 9.13. The molecule has 0 radical (unpaired) electrons. The highest BCUT2D eigenvalue weighted by molar-refractivity contribution is 7.45. The fourth-order valence-corrected chi connectivity index (χ4v) is 9.86. The largest absolute Gasteiger partial charge is 0.756 e. The maximum atomic E-state index is 12.8. The fraction of sp³-hybridized carbons (Fsp3) is 0.950. The normalized spacial score (nSPS) is 13.4. The zero-order chi connectivity index (χ0) is 50.5. The molecule has 0 amide bonds. The van der Waals surface area contributed by atoms with E-state index in [1.807, 2.05) is 21.1 Å². The molecule has 2 unspecified atom stereocenters. The summed E-state index contributed by atoms with van der Waals surface area (Å²) in [5.74, 6) is -0.324. The van der Waals surface area contributed by atoms with E-state index in [9.17, 15) is 14.3 Å². The number of hydrogen-bond acceptors (Lipinski definition) is 7. The van der Waals surface area contributed by atoms with Gasteiger partial charge in [0.1, 0.15) is 19.3 Å². The number of hydrogen-bond donors (Lipinski definition) is 0. The van der Waals surface area contributed by atoms with E-state index in [-0.39, 0.29) is 25.8 Å². The molecule has 8 nitrogen and oxygen atoms in total. The second-order valence-electron chi connectivity index (χ2n) is 22.1. The first kappa shape index (κ1) is 68.2. The monoisotopic (exact) mass is 998 g/mol. The van der Waals surface area contributed by atoms with Crippen molar-refractivity contribution in [2.45, 2.75) is 315 Å². The lowest BCUT2D eigenvalue weighted by molar-refractivity contribution is -0.870. The molecule has 0 saturated heterocycles. The highest BCUT2D eigenvalue weighted by atomic mass is 31.2. The Morgan fingerprint density at radius 3 is 1.10 bits per heavy atom. The van der Waals surface area contributed by atoms with Gasteiger partial charge in [0, 0.05) is 13.0 Å². The number of esters is 1. The second-order valence-corrected chi connectivity index (χ2v) is 23.5. The van der Waals surface area contributed by atoms with Gasteiger partial charge in [-0.2, -0.15) is 0 Å². The number of carbonyl (C=O) groups is 1. The number of allylic oxidation sites excluding steroid dienone is 2. The average molecular weight is 999 g/mol. The summed E-state index contributed by atoms with van der Waals surface area (Å²) in [6.07, 6.45) is 64.1. The predicted molar refractivity (Wildman–Crippen MR) is 296 cm³/mol. The first-order chi connectivity index (χ1) is 33.6. The lowest BCUT2D eigenvalue weighted by Crippen LogP contribution is -2.37. The highest BCUT2D eigenvalue weighted by Gasteiger charge is 2.20. The van der Waals surface area contributed by atoms with E-state index >= 15 is 0 Å². The molecule has 0 aromatic carbocycles. The smallest absolute Gasteiger partial charge is 0.306 e. The molecule has 0 saturated carbocycles. The van der Waals surface area contributed by atoms with Crippen LogP contribution in [0.3, 0.4) is 0 Å². The van der Waals surface area contributed by atoms with Gasteiger partial charge < -0.3 is 27.9 Å². The van der Waals surface area contributed by atoms with Crippen LogP contribution in [0.1, 0.15) is 309 Å². The third-order valence-corrected chi connectivity index (χ3v) is 14.8. The third-order valence-electron chi connectivity index (χ3n) is 13.8. The first-order valence-corrected chi connectivity index (χ1v) is 31.9. The van der Waals surface area contributed by atoms with Gasteiger partial charge in [-0.05, 0) is 38.5 Å². The molecule has 0 bridgehead atoms. The third kappa shape index (κ3) is 58.0. The number of ether oxygens (including phenoxy) is 2. The van der Waals surface area contributed by atoms with Crippen LogP contribution in [-0.4, -0.2) is 70.7 Å². The minimum atomic E-state index is -4.53. The van der Waals surface area contributed by atoms with Crippen molar-refractivity contribution in [1.82, 2.24) is 0 Å². The van der Waals surface area contributed by atoms with Crippen molar-refractivity contribution in [2.75, 3.05) is 54.1 Å². The van der Waals surface area contributed by atoms with Gasteiger partial charge in [0.2, 0.25) is 0 Å². The van der Waals surface area contributed by atoms with E-state index < -0.39 is 13.9 Å². The molecule has 0 aromatic heterocycles. The second kappa shape index (κ2) is 53.5. The van der Waals surface area contributed by atoms with Crippen molar-refractivity contribution in [1.29, 1.82) is 0 Å². The molecular weight excluding hydrogens is 878 g/mol. The Labute approximate surface area is 431 Å². The molecule has 2 atom stereocenters. The van der Waals surface area contributed by atoms with Crippen LogP contribution in [0.4, 0.5) is 0 Å². The van der Waals surface area contributed by atoms with E-state index in [1.54, 1.807) is 0 Å². The molecule has 0 aliphatic carbocycles. The van der Waals surface area contributed by atoms with E-state index in [4.69, 9.17) is 18.5 Å². The Balaban J connectivity index is 4.00. The molecule has 0 aromatic rings. The standard InChI is InChI=1S/C60H120NO7P/c1-6-8-10-12-14-16-18-20-22-24-26-28-30-32-34-36-38-40-42-44-46-48-50-52-55-65-57-59(58-67-69(63,64)66-56-54-61(3,4)5)68-60(62)53-51-49-47-45-43-41-39-37-35-33-31-29-27-25-23-21-19-17-15-13-11-9-7-2/h24,26,59H,6-23,25,27-58H2,1-5H3/b26-24-. The van der Waals surface area contributed by atoms with Crippen molar-refractivity contribution < 1.29 is 37.3 Å². The van der Waals surface area contributed by atoms with Crippen molar-refractivity contribution in [3.05, 3.63) is 12.2 Å². The molecule has 0 N–H and O–H groups in total. The van der Waals surface area contributed by atoms with Gasteiger partial charge in [-0.25, -0.2) is 0 Å². The van der Waals surface area contributed by atoms with Crippen LogP contribution in [0.5, 0.6) is 0 Å². The minimum Gasteiger partial charge on any atom is -0.756 e. The number of nitrogens with zero attached hydrogens (tertiary/aromatic N) is 1. The van der Waals surface area contributed by atoms with E-state index in [1.165, 1.54) is 257 Å². The Kier molecular flexibility index (Phi) is 52.9. The van der Waals surface area contributed by atoms with Gasteiger partial charge in [-0.15, -0.1) is 0 Å². The lowest BCUT2D eigenvalue weighted by Gasteiger charge is -2.28. The van der Waals surface area contributed by atoms with Crippen molar-refractivity contribution in [3.63, 3.8) is 0 Å². The lowest BCUT2D eigenvalue weighted by atomic mass is 10.0. The number of phosphoric acid groups is 1. The van der Waals surface area contributed by atoms with Crippen LogP contribution < -0.4 is 4.89 Å². The molecule has 0 aliphatic heterocycles. The Hall–Kier alpha value is -0.760. The molecule has 69 heavy (non-hydrogen) atoms. The first-order valence-electron chi connectivity index (χ1n) is 30.4. The highest BCUT2D eigenvalue weighted by Crippen LogP contribution is 2.38. The van der Waals surface area contributed by atoms with Gasteiger partial charge in [-0.1, -0.05) is 276 Å². The number of carbonyl (C=O) groups excluding carboxylic acids is 1. The molecule has 0 aliphatic rings. The summed E-state index contributed by atoms with van der Waals surface area (Å²) in [7, 11) is 1.38. The van der Waals surface area contributed by atoms with E-state index in [0.29, 0.717) is 24.1 Å². The van der Waals surface area contributed by atoms with Crippen LogP contribution in [0.2, 0.25) is 0 Å². The van der Waals surface area contributed by atoms with E-state index in [2.05, 4.69) is 26.0 Å². The number of rotatable bonds is 58. The van der Waals surface area contributed by atoms with Gasteiger partial charge in [0.15, 0.2) is 0 Å². The van der Waals surface area contributed by atoms with Crippen LogP contribution in [-0.2, 0) is 27.9 Å². The van der Waals surface area contributed by atoms with Crippen LogP contribution in [0.15, 0.2) is 12.2 Å². The summed E-state index contributed by atoms with van der Waals surface area (Å²) in [5, 5.41) is 0. The molecule has 0 heterocycles.